The van der Waals surface area contributed by atoms with Gasteiger partial charge in [0, 0.05) is 16.7 Å². The number of amides is 1. The molecule has 0 saturated carbocycles. The van der Waals surface area contributed by atoms with Crippen LogP contribution in [0.2, 0.25) is 0 Å². The lowest BCUT2D eigenvalue weighted by Gasteiger charge is -2.34. The first-order valence-electron chi connectivity index (χ1n) is 8.42. The van der Waals surface area contributed by atoms with Crippen LogP contribution in [-0.2, 0) is 27.3 Å². The number of benzene rings is 2. The highest BCUT2D eigenvalue weighted by atomic mass is 79.9. The van der Waals surface area contributed by atoms with Gasteiger partial charge in [0.05, 0.1) is 13.7 Å². The average molecular weight is 417 g/mol. The van der Waals surface area contributed by atoms with Crippen LogP contribution in [0.5, 0.6) is 0 Å². The van der Waals surface area contributed by atoms with Crippen molar-refractivity contribution in [2.45, 2.75) is 25.9 Å². The molecule has 1 N–H and O–H groups in total. The molecular formula is C20H21BrN2O3. The molecule has 1 amide bonds. The largest absolute Gasteiger partial charge is 0.468 e. The predicted octanol–water partition coefficient (Wildman–Crippen LogP) is 3.30. The van der Waals surface area contributed by atoms with E-state index in [0.717, 1.165) is 26.9 Å². The Bertz CT molecular complexity index is 838. The number of hydrogen-bond acceptors (Lipinski definition) is 4. The molecule has 1 aliphatic rings. The van der Waals surface area contributed by atoms with Crippen molar-refractivity contribution in [2.24, 2.45) is 0 Å². The first-order valence-corrected chi connectivity index (χ1v) is 9.22. The molecule has 1 heterocycles. The number of methoxy groups -OCH3 is 1. The second kappa shape index (κ2) is 8.01. The van der Waals surface area contributed by atoms with Gasteiger partial charge in [-0.1, -0.05) is 40.2 Å². The predicted molar refractivity (Wildman–Crippen MR) is 104 cm³/mol. The van der Waals surface area contributed by atoms with Crippen LogP contribution >= 0.6 is 15.9 Å². The Hall–Kier alpha value is -2.18. The Balaban J connectivity index is 1.75. The molecule has 0 radical (unpaired) electrons. The molecule has 0 aromatic heterocycles. The fourth-order valence-electron chi connectivity index (χ4n) is 3.25. The molecule has 1 atom stereocenters. The molecule has 2 aromatic rings. The van der Waals surface area contributed by atoms with Crippen molar-refractivity contribution in [1.82, 2.24) is 4.90 Å². The van der Waals surface area contributed by atoms with E-state index in [1.165, 1.54) is 7.11 Å². The fraction of sp³-hybridized carbons (Fsp3) is 0.300. The maximum Gasteiger partial charge on any atom is 0.323 e. The highest BCUT2D eigenvalue weighted by Gasteiger charge is 2.33. The van der Waals surface area contributed by atoms with Crippen LogP contribution in [-0.4, -0.2) is 36.5 Å². The van der Waals surface area contributed by atoms with E-state index >= 15 is 0 Å². The number of ether oxygens (including phenoxy) is 1. The maximum atomic E-state index is 12.6. The minimum absolute atomic E-state index is 0.129. The quantitative estimate of drug-likeness (QED) is 0.776. The lowest BCUT2D eigenvalue weighted by atomic mass is 9.94. The molecule has 0 spiro atoms. The summed E-state index contributed by atoms with van der Waals surface area (Å²) in [6.45, 7) is 2.61. The van der Waals surface area contributed by atoms with E-state index in [-0.39, 0.29) is 18.4 Å². The molecule has 0 unspecified atom stereocenters. The maximum absolute atomic E-state index is 12.6. The molecule has 26 heavy (non-hydrogen) atoms. The molecule has 0 bridgehead atoms. The zero-order valence-corrected chi connectivity index (χ0v) is 16.4. The van der Waals surface area contributed by atoms with E-state index in [1.54, 1.807) is 0 Å². The van der Waals surface area contributed by atoms with Gasteiger partial charge in [-0.25, -0.2) is 0 Å². The minimum atomic E-state index is -0.452. The van der Waals surface area contributed by atoms with Crippen LogP contribution in [0.25, 0.3) is 0 Å². The van der Waals surface area contributed by atoms with E-state index in [1.807, 2.05) is 54.3 Å². The van der Waals surface area contributed by atoms with Crippen molar-refractivity contribution in [3.8, 4) is 0 Å². The summed E-state index contributed by atoms with van der Waals surface area (Å²) in [6, 6.07) is 13.2. The number of fused-ring (bicyclic) bond motifs is 1. The molecule has 136 valence electrons. The van der Waals surface area contributed by atoms with Gasteiger partial charge in [-0.2, -0.15) is 0 Å². The molecule has 0 aliphatic carbocycles. The van der Waals surface area contributed by atoms with Gasteiger partial charge in [0.25, 0.3) is 0 Å². The number of halogens is 1. The zero-order valence-electron chi connectivity index (χ0n) is 14.8. The summed E-state index contributed by atoms with van der Waals surface area (Å²) in [5.74, 6) is -0.462. The number of anilines is 1. The third-order valence-corrected chi connectivity index (χ3v) is 5.12. The van der Waals surface area contributed by atoms with Crippen LogP contribution < -0.4 is 5.32 Å². The van der Waals surface area contributed by atoms with Crippen LogP contribution in [0.4, 0.5) is 5.69 Å². The van der Waals surface area contributed by atoms with E-state index in [4.69, 9.17) is 4.74 Å². The smallest absolute Gasteiger partial charge is 0.323 e. The van der Waals surface area contributed by atoms with E-state index < -0.39 is 6.04 Å². The number of aryl methyl sites for hydroxylation is 1. The van der Waals surface area contributed by atoms with Crippen molar-refractivity contribution < 1.29 is 14.3 Å². The van der Waals surface area contributed by atoms with Crippen molar-refractivity contribution in [2.75, 3.05) is 19.0 Å². The Labute approximate surface area is 161 Å². The summed E-state index contributed by atoms with van der Waals surface area (Å²) in [5.41, 5.74) is 4.01. The molecular weight excluding hydrogens is 396 g/mol. The number of carbonyl (C=O) groups excluding carboxylic acids is 2. The molecule has 0 saturated heterocycles. The fourth-order valence-corrected chi connectivity index (χ4v) is 3.73. The molecule has 6 heteroatoms. The highest BCUT2D eigenvalue weighted by molar-refractivity contribution is 9.10. The number of nitrogens with one attached hydrogen (secondary N) is 1. The van der Waals surface area contributed by atoms with Gasteiger partial charge in [0.1, 0.15) is 6.04 Å². The molecule has 0 fully saturated rings. The van der Waals surface area contributed by atoms with Crippen molar-refractivity contribution in [3.63, 3.8) is 0 Å². The van der Waals surface area contributed by atoms with Gasteiger partial charge < -0.3 is 10.1 Å². The lowest BCUT2D eigenvalue weighted by Crippen LogP contribution is -2.49. The van der Waals surface area contributed by atoms with Crippen LogP contribution in [0.3, 0.4) is 0 Å². The van der Waals surface area contributed by atoms with Crippen LogP contribution in [0.1, 0.15) is 16.7 Å². The first-order chi connectivity index (χ1) is 12.5. The van der Waals surface area contributed by atoms with Gasteiger partial charge in [-0.3, -0.25) is 14.5 Å². The highest BCUT2D eigenvalue weighted by Crippen LogP contribution is 2.24. The number of carbonyl (C=O) groups is 2. The minimum Gasteiger partial charge on any atom is -0.468 e. The Kier molecular flexibility index (Phi) is 5.74. The summed E-state index contributed by atoms with van der Waals surface area (Å²) in [7, 11) is 1.38. The van der Waals surface area contributed by atoms with Crippen molar-refractivity contribution in [3.05, 3.63) is 63.6 Å². The van der Waals surface area contributed by atoms with Gasteiger partial charge in [0.15, 0.2) is 0 Å². The standard InChI is InChI=1S/C20H21BrN2O3/c1-13-9-16(21)7-8-17(13)22-19(24)12-23-11-15-6-4-3-5-14(15)10-18(23)20(25)26-2/h3-9,18H,10-12H2,1-2H3,(H,22,24)/t18-/m1/s1. The Morgan fingerprint density at radius 2 is 1.96 bits per heavy atom. The average Bonchev–Trinajstić information content (AvgIpc) is 2.63. The molecule has 5 nitrogen and oxygen atoms in total. The topological polar surface area (TPSA) is 58.6 Å². The second-order valence-corrected chi connectivity index (χ2v) is 7.34. The Morgan fingerprint density at radius 1 is 1.23 bits per heavy atom. The number of hydrogen-bond donors (Lipinski definition) is 1. The van der Waals surface area contributed by atoms with Gasteiger partial charge in [-0.15, -0.1) is 0 Å². The first kappa shape index (κ1) is 18.6. The second-order valence-electron chi connectivity index (χ2n) is 6.42. The third-order valence-electron chi connectivity index (χ3n) is 4.63. The summed E-state index contributed by atoms with van der Waals surface area (Å²) in [4.78, 5) is 26.7. The third kappa shape index (κ3) is 4.14. The zero-order chi connectivity index (χ0) is 18.7. The summed E-state index contributed by atoms with van der Waals surface area (Å²) in [5, 5.41) is 2.93. The van der Waals surface area contributed by atoms with E-state index in [2.05, 4.69) is 21.2 Å². The normalized spacial score (nSPS) is 16.7. The van der Waals surface area contributed by atoms with Gasteiger partial charge in [-0.05, 0) is 48.2 Å². The Morgan fingerprint density at radius 3 is 2.65 bits per heavy atom. The number of esters is 1. The molecule has 1 aliphatic heterocycles. The molecule has 2 aromatic carbocycles. The summed E-state index contributed by atoms with van der Waals surface area (Å²) < 4.78 is 5.91. The van der Waals surface area contributed by atoms with Crippen molar-refractivity contribution in [1.29, 1.82) is 0 Å². The number of rotatable bonds is 4. The molecule has 3 rings (SSSR count). The number of nitrogens with zero attached hydrogens (tertiary/aromatic N) is 1. The lowest BCUT2D eigenvalue weighted by molar-refractivity contribution is -0.148. The van der Waals surface area contributed by atoms with Gasteiger partial charge in [0.2, 0.25) is 5.91 Å². The van der Waals surface area contributed by atoms with Gasteiger partial charge >= 0.3 is 5.97 Å². The monoisotopic (exact) mass is 416 g/mol. The SMILES string of the molecule is COC(=O)[C@H]1Cc2ccccc2CN1CC(=O)Nc1ccc(Br)cc1C. The van der Waals surface area contributed by atoms with Crippen molar-refractivity contribution >= 4 is 33.5 Å². The van der Waals surface area contributed by atoms with Crippen LogP contribution in [0.15, 0.2) is 46.9 Å². The van der Waals surface area contributed by atoms with E-state index in [0.29, 0.717) is 13.0 Å². The van der Waals surface area contributed by atoms with E-state index in [9.17, 15) is 9.59 Å². The van der Waals surface area contributed by atoms with Crippen LogP contribution in [0, 0.1) is 6.92 Å². The summed E-state index contributed by atoms with van der Waals surface area (Å²) >= 11 is 3.42. The summed E-state index contributed by atoms with van der Waals surface area (Å²) in [6.07, 6.45) is 0.549.